The van der Waals surface area contributed by atoms with Crippen molar-refractivity contribution in [3.8, 4) is 0 Å². The van der Waals surface area contributed by atoms with Gasteiger partial charge in [-0.3, -0.25) is 9.69 Å². The molecule has 0 spiro atoms. The van der Waals surface area contributed by atoms with Gasteiger partial charge in [0.05, 0.1) is 11.6 Å². The summed E-state index contributed by atoms with van der Waals surface area (Å²) in [6.07, 6.45) is 0. The standard InChI is InChI=1S/C17H20N2O3/c1-11-14(12(2)22-18-11)8-19-9-15(16(10-19)17(20)21)13-6-4-3-5-7-13/h3-7,15-16H,8-10H2,1-2H3,(H,20,21)/t15-,16+/m0/s1. The van der Waals surface area contributed by atoms with Crippen LogP contribution in [0, 0.1) is 19.8 Å². The molecule has 1 fully saturated rings. The van der Waals surface area contributed by atoms with Crippen molar-refractivity contribution in [1.82, 2.24) is 10.1 Å². The van der Waals surface area contributed by atoms with Crippen LogP contribution in [0.5, 0.6) is 0 Å². The summed E-state index contributed by atoms with van der Waals surface area (Å²) < 4.78 is 5.20. The molecular formula is C17H20N2O3. The molecule has 3 rings (SSSR count). The maximum atomic E-state index is 11.6. The van der Waals surface area contributed by atoms with Gasteiger partial charge in [0.1, 0.15) is 5.76 Å². The number of aromatic nitrogens is 1. The third kappa shape index (κ3) is 2.76. The molecule has 1 aromatic carbocycles. The number of likely N-dealkylation sites (tertiary alicyclic amines) is 1. The minimum absolute atomic E-state index is 0.0270. The summed E-state index contributed by atoms with van der Waals surface area (Å²) in [7, 11) is 0. The summed E-state index contributed by atoms with van der Waals surface area (Å²) in [5.74, 6) is -0.260. The molecule has 1 aliphatic rings. The zero-order chi connectivity index (χ0) is 15.7. The van der Waals surface area contributed by atoms with Crippen molar-refractivity contribution in [3.63, 3.8) is 0 Å². The van der Waals surface area contributed by atoms with E-state index in [4.69, 9.17) is 4.52 Å². The van der Waals surface area contributed by atoms with Gasteiger partial charge < -0.3 is 9.63 Å². The van der Waals surface area contributed by atoms with Gasteiger partial charge in [-0.2, -0.15) is 0 Å². The number of aliphatic carboxylic acids is 1. The summed E-state index contributed by atoms with van der Waals surface area (Å²) in [5, 5.41) is 13.5. The van der Waals surface area contributed by atoms with Crippen molar-refractivity contribution in [1.29, 1.82) is 0 Å². The van der Waals surface area contributed by atoms with E-state index < -0.39 is 5.97 Å². The third-order valence-corrected chi connectivity index (χ3v) is 4.50. The minimum Gasteiger partial charge on any atom is -0.481 e. The van der Waals surface area contributed by atoms with E-state index in [-0.39, 0.29) is 11.8 Å². The van der Waals surface area contributed by atoms with Gasteiger partial charge in [0.15, 0.2) is 0 Å². The zero-order valence-corrected chi connectivity index (χ0v) is 12.8. The van der Waals surface area contributed by atoms with Crippen molar-refractivity contribution in [2.45, 2.75) is 26.3 Å². The first-order valence-corrected chi connectivity index (χ1v) is 7.48. The number of rotatable bonds is 4. The Bertz CT molecular complexity index is 646. The van der Waals surface area contributed by atoms with Crippen LogP contribution in [0.15, 0.2) is 34.9 Å². The Hall–Kier alpha value is -2.14. The van der Waals surface area contributed by atoms with Crippen LogP contribution in [0.4, 0.5) is 0 Å². The van der Waals surface area contributed by atoms with Gasteiger partial charge in [0.2, 0.25) is 0 Å². The molecule has 116 valence electrons. The van der Waals surface area contributed by atoms with E-state index in [1.807, 2.05) is 44.2 Å². The first-order valence-electron chi connectivity index (χ1n) is 7.48. The Morgan fingerprint density at radius 1 is 1.32 bits per heavy atom. The molecule has 0 bridgehead atoms. The number of carbonyl (C=O) groups is 1. The van der Waals surface area contributed by atoms with Gasteiger partial charge in [0, 0.05) is 31.1 Å². The minimum atomic E-state index is -0.727. The Labute approximate surface area is 129 Å². The van der Waals surface area contributed by atoms with Crippen molar-refractivity contribution < 1.29 is 14.4 Å². The lowest BCUT2D eigenvalue weighted by molar-refractivity contribution is -0.141. The molecule has 1 aliphatic heterocycles. The van der Waals surface area contributed by atoms with Crippen LogP contribution in [-0.2, 0) is 11.3 Å². The van der Waals surface area contributed by atoms with Crippen LogP contribution >= 0.6 is 0 Å². The number of carboxylic acid groups (broad SMARTS) is 1. The average molecular weight is 300 g/mol. The summed E-state index contributed by atoms with van der Waals surface area (Å²) in [4.78, 5) is 13.8. The molecule has 22 heavy (non-hydrogen) atoms. The molecule has 0 unspecified atom stereocenters. The predicted octanol–water partition coefficient (Wildman–Crippen LogP) is 2.59. The van der Waals surface area contributed by atoms with E-state index in [0.29, 0.717) is 13.1 Å². The molecule has 2 heterocycles. The second kappa shape index (κ2) is 5.93. The molecular weight excluding hydrogens is 280 g/mol. The van der Waals surface area contributed by atoms with E-state index in [2.05, 4.69) is 10.1 Å². The quantitative estimate of drug-likeness (QED) is 0.940. The van der Waals surface area contributed by atoms with Gasteiger partial charge >= 0.3 is 5.97 Å². The lowest BCUT2D eigenvalue weighted by Crippen LogP contribution is -2.23. The van der Waals surface area contributed by atoms with Gasteiger partial charge in [-0.15, -0.1) is 0 Å². The molecule has 0 radical (unpaired) electrons. The summed E-state index contributed by atoms with van der Waals surface area (Å²) in [6, 6.07) is 9.91. The second-order valence-corrected chi connectivity index (χ2v) is 5.96. The molecule has 5 nitrogen and oxygen atoms in total. The maximum absolute atomic E-state index is 11.6. The number of hydrogen-bond acceptors (Lipinski definition) is 4. The number of benzene rings is 1. The topological polar surface area (TPSA) is 66.6 Å². The SMILES string of the molecule is Cc1noc(C)c1CN1C[C@@H](C(=O)O)[C@H](c2ccccc2)C1. The van der Waals surface area contributed by atoms with Crippen LogP contribution in [0.1, 0.15) is 28.5 Å². The molecule has 2 atom stereocenters. The molecule has 0 saturated carbocycles. The molecule has 1 saturated heterocycles. The summed E-state index contributed by atoms with van der Waals surface area (Å²) in [5.41, 5.74) is 3.04. The number of aryl methyl sites for hydroxylation is 2. The molecule has 0 aliphatic carbocycles. The van der Waals surface area contributed by atoms with E-state index >= 15 is 0 Å². The van der Waals surface area contributed by atoms with Crippen molar-refractivity contribution in [3.05, 3.63) is 52.9 Å². The highest BCUT2D eigenvalue weighted by Gasteiger charge is 2.38. The average Bonchev–Trinajstić information content (AvgIpc) is 3.07. The van der Waals surface area contributed by atoms with Crippen molar-refractivity contribution in [2.75, 3.05) is 13.1 Å². The van der Waals surface area contributed by atoms with Crippen molar-refractivity contribution >= 4 is 5.97 Å². The number of hydrogen-bond donors (Lipinski definition) is 1. The molecule has 1 aromatic heterocycles. The second-order valence-electron chi connectivity index (χ2n) is 5.96. The monoisotopic (exact) mass is 300 g/mol. The van der Waals surface area contributed by atoms with Crippen LogP contribution in [0.2, 0.25) is 0 Å². The highest BCUT2D eigenvalue weighted by molar-refractivity contribution is 5.72. The van der Waals surface area contributed by atoms with E-state index in [0.717, 1.165) is 29.1 Å². The van der Waals surface area contributed by atoms with Crippen molar-refractivity contribution in [2.24, 2.45) is 5.92 Å². The lowest BCUT2D eigenvalue weighted by atomic mass is 9.89. The summed E-state index contributed by atoms with van der Waals surface area (Å²) >= 11 is 0. The van der Waals surface area contributed by atoms with E-state index in [1.54, 1.807) is 0 Å². The van der Waals surface area contributed by atoms with E-state index in [1.165, 1.54) is 0 Å². The van der Waals surface area contributed by atoms with Gasteiger partial charge in [-0.1, -0.05) is 35.5 Å². The fraction of sp³-hybridized carbons (Fsp3) is 0.412. The highest BCUT2D eigenvalue weighted by Crippen LogP contribution is 2.34. The Kier molecular flexibility index (Phi) is 3.98. The predicted molar refractivity (Wildman–Crippen MR) is 81.6 cm³/mol. The summed E-state index contributed by atoms with van der Waals surface area (Å²) in [6.45, 7) is 5.80. The highest BCUT2D eigenvalue weighted by atomic mass is 16.5. The van der Waals surface area contributed by atoms with Crippen LogP contribution in [-0.4, -0.2) is 34.2 Å². The first kappa shape index (κ1) is 14.8. The van der Waals surface area contributed by atoms with Gasteiger partial charge in [-0.25, -0.2) is 0 Å². The number of nitrogens with zero attached hydrogens (tertiary/aromatic N) is 2. The lowest BCUT2D eigenvalue weighted by Gasteiger charge is -2.16. The van der Waals surface area contributed by atoms with Gasteiger partial charge in [-0.05, 0) is 19.4 Å². The van der Waals surface area contributed by atoms with Crippen LogP contribution < -0.4 is 0 Å². The number of carboxylic acids is 1. The Balaban J connectivity index is 1.80. The largest absolute Gasteiger partial charge is 0.481 e. The fourth-order valence-corrected chi connectivity index (χ4v) is 3.25. The molecule has 1 N–H and O–H groups in total. The zero-order valence-electron chi connectivity index (χ0n) is 12.8. The maximum Gasteiger partial charge on any atom is 0.308 e. The van der Waals surface area contributed by atoms with Gasteiger partial charge in [0.25, 0.3) is 0 Å². The Morgan fingerprint density at radius 3 is 2.64 bits per heavy atom. The fourth-order valence-electron chi connectivity index (χ4n) is 3.25. The van der Waals surface area contributed by atoms with E-state index in [9.17, 15) is 9.90 Å². The molecule has 0 amide bonds. The van der Waals surface area contributed by atoms with Crippen LogP contribution in [0.3, 0.4) is 0 Å². The smallest absolute Gasteiger partial charge is 0.308 e. The normalized spacial score (nSPS) is 22.1. The van der Waals surface area contributed by atoms with Crippen LogP contribution in [0.25, 0.3) is 0 Å². The molecule has 2 aromatic rings. The first-order chi connectivity index (χ1) is 10.6. The Morgan fingerprint density at radius 2 is 2.05 bits per heavy atom. The molecule has 5 heteroatoms. The third-order valence-electron chi connectivity index (χ3n) is 4.50.